The zero-order chi connectivity index (χ0) is 13.5. The summed E-state index contributed by atoms with van der Waals surface area (Å²) in [5, 5.41) is 11.3. The number of aryl methyl sites for hydroxylation is 1. The van der Waals surface area contributed by atoms with Crippen molar-refractivity contribution in [1.29, 1.82) is 0 Å². The van der Waals surface area contributed by atoms with Gasteiger partial charge in [-0.05, 0) is 31.7 Å². The van der Waals surface area contributed by atoms with Crippen molar-refractivity contribution in [3.8, 4) is 0 Å². The van der Waals surface area contributed by atoms with E-state index in [0.29, 0.717) is 6.54 Å². The number of nitrogens with zero attached hydrogens (tertiary/aromatic N) is 1. The molecule has 0 saturated carbocycles. The highest BCUT2D eigenvalue weighted by atomic mass is 35.5. The topological polar surface area (TPSA) is 69.6 Å². The minimum absolute atomic E-state index is 0. The van der Waals surface area contributed by atoms with Crippen molar-refractivity contribution in [2.24, 2.45) is 0 Å². The van der Waals surface area contributed by atoms with E-state index in [0.717, 1.165) is 11.3 Å². The number of carbonyl (C=O) groups excluding carboxylic acids is 1. The molecule has 0 heterocycles. The Balaban J connectivity index is 0.00000324. The molecule has 5 nitrogen and oxygen atoms in total. The number of nitrogens with one attached hydrogen (secondary N) is 1. The largest absolute Gasteiger partial charge is 0.481 e. The van der Waals surface area contributed by atoms with E-state index < -0.39 is 5.97 Å². The lowest BCUT2D eigenvalue weighted by molar-refractivity contribution is -0.137. The van der Waals surface area contributed by atoms with E-state index in [4.69, 9.17) is 5.11 Å². The number of rotatable bonds is 6. The molecule has 0 spiro atoms. The average molecular weight is 287 g/mol. The van der Waals surface area contributed by atoms with Gasteiger partial charge in [0.05, 0.1) is 13.0 Å². The van der Waals surface area contributed by atoms with E-state index in [-0.39, 0.29) is 31.3 Å². The van der Waals surface area contributed by atoms with E-state index in [2.05, 4.69) is 5.32 Å². The standard InChI is InChI=1S/C13H18N2O3.ClH/c1-10-4-3-5-11(8-10)14-12(16)9-15(2)7-6-13(17)18;/h3-5,8H,6-7,9H2,1-2H3,(H,14,16)(H,17,18);1H. The number of hydrogen-bond donors (Lipinski definition) is 2. The summed E-state index contributed by atoms with van der Waals surface area (Å²) in [6.07, 6.45) is 0.0359. The number of likely N-dealkylation sites (N-methyl/N-ethyl adjacent to an activating group) is 1. The summed E-state index contributed by atoms with van der Waals surface area (Å²) in [4.78, 5) is 23.7. The van der Waals surface area contributed by atoms with Gasteiger partial charge in [0.25, 0.3) is 0 Å². The number of carbonyl (C=O) groups is 2. The van der Waals surface area contributed by atoms with Gasteiger partial charge in [-0.25, -0.2) is 0 Å². The molecule has 6 heteroatoms. The van der Waals surface area contributed by atoms with Crippen LogP contribution in [0.3, 0.4) is 0 Å². The average Bonchev–Trinajstić information content (AvgIpc) is 2.26. The Bertz CT molecular complexity index is 438. The second-order valence-electron chi connectivity index (χ2n) is 4.30. The number of carboxylic acid groups (broad SMARTS) is 1. The molecule has 0 aliphatic heterocycles. The number of anilines is 1. The molecule has 0 aliphatic carbocycles. The summed E-state index contributed by atoms with van der Waals surface area (Å²) in [7, 11) is 1.72. The smallest absolute Gasteiger partial charge is 0.304 e. The molecule has 0 aliphatic rings. The van der Waals surface area contributed by atoms with Crippen LogP contribution in [0, 0.1) is 6.92 Å². The van der Waals surface area contributed by atoms with Gasteiger partial charge in [-0.3, -0.25) is 14.5 Å². The maximum absolute atomic E-state index is 11.7. The Hall–Kier alpha value is -1.59. The third kappa shape index (κ3) is 7.43. The SMILES string of the molecule is Cc1cccc(NC(=O)CN(C)CCC(=O)O)c1.Cl. The second-order valence-corrected chi connectivity index (χ2v) is 4.30. The lowest BCUT2D eigenvalue weighted by atomic mass is 10.2. The van der Waals surface area contributed by atoms with Crippen molar-refractivity contribution < 1.29 is 14.7 Å². The molecule has 0 unspecified atom stereocenters. The lowest BCUT2D eigenvalue weighted by Crippen LogP contribution is -2.31. The van der Waals surface area contributed by atoms with Gasteiger partial charge in [0.15, 0.2) is 0 Å². The van der Waals surface area contributed by atoms with Crippen LogP contribution < -0.4 is 5.32 Å². The molecule has 0 radical (unpaired) electrons. The number of benzene rings is 1. The quantitative estimate of drug-likeness (QED) is 0.836. The van der Waals surface area contributed by atoms with Crippen LogP contribution in [0.15, 0.2) is 24.3 Å². The van der Waals surface area contributed by atoms with Crippen molar-refractivity contribution in [1.82, 2.24) is 4.90 Å². The van der Waals surface area contributed by atoms with Gasteiger partial charge in [-0.15, -0.1) is 12.4 Å². The first-order valence-electron chi connectivity index (χ1n) is 5.74. The first kappa shape index (κ1) is 17.4. The summed E-state index contributed by atoms with van der Waals surface area (Å²) >= 11 is 0. The minimum atomic E-state index is -0.860. The molecule has 0 bridgehead atoms. The molecular formula is C13H19ClN2O3. The molecule has 1 aromatic carbocycles. The molecule has 19 heavy (non-hydrogen) atoms. The van der Waals surface area contributed by atoms with Crippen LogP contribution >= 0.6 is 12.4 Å². The van der Waals surface area contributed by atoms with Crippen molar-refractivity contribution in [2.75, 3.05) is 25.5 Å². The van der Waals surface area contributed by atoms with Crippen molar-refractivity contribution >= 4 is 30.0 Å². The Labute approximate surface area is 119 Å². The fourth-order valence-corrected chi connectivity index (χ4v) is 1.53. The first-order chi connectivity index (χ1) is 8.47. The summed E-state index contributed by atoms with van der Waals surface area (Å²) in [6.45, 7) is 2.49. The van der Waals surface area contributed by atoms with Gasteiger partial charge < -0.3 is 10.4 Å². The van der Waals surface area contributed by atoms with Gasteiger partial charge in [-0.2, -0.15) is 0 Å². The highest BCUT2D eigenvalue weighted by Gasteiger charge is 2.08. The molecule has 2 N–H and O–H groups in total. The second kappa shape index (κ2) is 8.50. The Morgan fingerprint density at radius 1 is 1.37 bits per heavy atom. The van der Waals surface area contributed by atoms with Crippen molar-refractivity contribution in [3.05, 3.63) is 29.8 Å². The number of aliphatic carboxylic acids is 1. The van der Waals surface area contributed by atoms with E-state index in [1.807, 2.05) is 31.2 Å². The fourth-order valence-electron chi connectivity index (χ4n) is 1.53. The van der Waals surface area contributed by atoms with Crippen LogP contribution in [-0.4, -0.2) is 42.0 Å². The number of halogens is 1. The van der Waals surface area contributed by atoms with E-state index >= 15 is 0 Å². The predicted molar refractivity (Wildman–Crippen MR) is 76.8 cm³/mol. The van der Waals surface area contributed by atoms with Crippen LogP contribution in [-0.2, 0) is 9.59 Å². The van der Waals surface area contributed by atoms with Crippen molar-refractivity contribution in [2.45, 2.75) is 13.3 Å². The van der Waals surface area contributed by atoms with Crippen LogP contribution in [0.5, 0.6) is 0 Å². The van der Waals surface area contributed by atoms with E-state index in [1.165, 1.54) is 0 Å². The third-order valence-corrected chi connectivity index (χ3v) is 2.42. The summed E-state index contributed by atoms with van der Waals surface area (Å²) < 4.78 is 0. The first-order valence-corrected chi connectivity index (χ1v) is 5.74. The Kier molecular flexibility index (Phi) is 7.79. The Morgan fingerprint density at radius 3 is 2.63 bits per heavy atom. The molecule has 1 rings (SSSR count). The highest BCUT2D eigenvalue weighted by molar-refractivity contribution is 5.92. The van der Waals surface area contributed by atoms with Crippen LogP contribution in [0.25, 0.3) is 0 Å². The van der Waals surface area contributed by atoms with Crippen molar-refractivity contribution in [3.63, 3.8) is 0 Å². The molecule has 0 saturated heterocycles. The molecule has 1 aromatic rings. The van der Waals surface area contributed by atoms with Gasteiger partial charge in [0, 0.05) is 12.2 Å². The third-order valence-electron chi connectivity index (χ3n) is 2.42. The maximum atomic E-state index is 11.7. The molecule has 0 aromatic heterocycles. The number of hydrogen-bond acceptors (Lipinski definition) is 3. The molecule has 1 amide bonds. The Morgan fingerprint density at radius 2 is 2.05 bits per heavy atom. The molecule has 0 fully saturated rings. The van der Waals surface area contributed by atoms with Gasteiger partial charge >= 0.3 is 5.97 Å². The fraction of sp³-hybridized carbons (Fsp3) is 0.385. The predicted octanol–water partition coefficient (Wildman–Crippen LogP) is 1.76. The van der Waals surface area contributed by atoms with Crippen LogP contribution in [0.4, 0.5) is 5.69 Å². The number of amides is 1. The minimum Gasteiger partial charge on any atom is -0.481 e. The van der Waals surface area contributed by atoms with Crippen LogP contribution in [0.1, 0.15) is 12.0 Å². The van der Waals surface area contributed by atoms with E-state index in [1.54, 1.807) is 11.9 Å². The normalized spacial score (nSPS) is 9.84. The summed E-state index contributed by atoms with van der Waals surface area (Å²) in [5.74, 6) is -1.01. The lowest BCUT2D eigenvalue weighted by Gasteiger charge is -2.15. The zero-order valence-electron chi connectivity index (χ0n) is 11.0. The highest BCUT2D eigenvalue weighted by Crippen LogP contribution is 2.09. The maximum Gasteiger partial charge on any atom is 0.304 e. The number of carboxylic acids is 1. The van der Waals surface area contributed by atoms with E-state index in [9.17, 15) is 9.59 Å². The zero-order valence-corrected chi connectivity index (χ0v) is 11.9. The van der Waals surface area contributed by atoms with Gasteiger partial charge in [0.1, 0.15) is 0 Å². The summed E-state index contributed by atoms with van der Waals surface area (Å²) in [5.41, 5.74) is 1.83. The molecular weight excluding hydrogens is 268 g/mol. The summed E-state index contributed by atoms with van der Waals surface area (Å²) in [6, 6.07) is 7.53. The molecule has 106 valence electrons. The molecule has 0 atom stereocenters. The van der Waals surface area contributed by atoms with Crippen LogP contribution in [0.2, 0.25) is 0 Å². The van der Waals surface area contributed by atoms with Gasteiger partial charge in [0.2, 0.25) is 5.91 Å². The monoisotopic (exact) mass is 286 g/mol. The van der Waals surface area contributed by atoms with Gasteiger partial charge in [-0.1, -0.05) is 12.1 Å².